The normalized spacial score (nSPS) is 11.5. The average molecular weight is 302 g/mol. The first-order valence-electron chi connectivity index (χ1n) is 6.20. The van der Waals surface area contributed by atoms with E-state index in [1.54, 1.807) is 6.92 Å². The van der Waals surface area contributed by atoms with Crippen LogP contribution in [0.3, 0.4) is 0 Å². The summed E-state index contributed by atoms with van der Waals surface area (Å²) in [4.78, 5) is 11.1. The van der Waals surface area contributed by atoms with Crippen LogP contribution < -0.4 is 0 Å². The van der Waals surface area contributed by atoms with Gasteiger partial charge in [-0.3, -0.25) is 0 Å². The molecular formula is C13H18O6S. The second-order valence-electron chi connectivity index (χ2n) is 4.13. The largest absolute Gasteiger partial charge is 0.478 e. The van der Waals surface area contributed by atoms with Gasteiger partial charge in [-0.05, 0) is 24.1 Å². The quantitative estimate of drug-likeness (QED) is 0.687. The highest BCUT2D eigenvalue weighted by Gasteiger charge is 2.18. The minimum atomic E-state index is -3.59. The molecule has 2 N–H and O–H groups in total. The van der Waals surface area contributed by atoms with Crippen molar-refractivity contribution in [3.05, 3.63) is 29.3 Å². The topological polar surface area (TPSA) is 101 Å². The van der Waals surface area contributed by atoms with E-state index in [4.69, 9.17) is 14.9 Å². The van der Waals surface area contributed by atoms with Crippen molar-refractivity contribution in [1.29, 1.82) is 0 Å². The van der Waals surface area contributed by atoms with Crippen LogP contribution in [0.2, 0.25) is 0 Å². The molecule has 6 nitrogen and oxygen atoms in total. The number of aromatic carboxylic acids is 1. The molecule has 0 fully saturated rings. The van der Waals surface area contributed by atoms with Gasteiger partial charge in [-0.1, -0.05) is 13.0 Å². The third-order valence-corrected chi connectivity index (χ3v) is 4.46. The maximum absolute atomic E-state index is 12.0. The Hall–Kier alpha value is -1.44. The Morgan fingerprint density at radius 3 is 2.55 bits per heavy atom. The number of ether oxygens (including phenoxy) is 1. The van der Waals surface area contributed by atoms with Gasteiger partial charge in [-0.25, -0.2) is 13.2 Å². The van der Waals surface area contributed by atoms with E-state index in [9.17, 15) is 13.2 Å². The van der Waals surface area contributed by atoms with Crippen molar-refractivity contribution in [2.75, 3.05) is 25.6 Å². The Balaban J connectivity index is 2.95. The van der Waals surface area contributed by atoms with Gasteiger partial charge in [0.15, 0.2) is 9.84 Å². The molecule has 0 aromatic heterocycles. The van der Waals surface area contributed by atoms with Crippen LogP contribution in [0.15, 0.2) is 23.1 Å². The number of aliphatic hydroxyl groups is 1. The Morgan fingerprint density at radius 1 is 1.30 bits per heavy atom. The van der Waals surface area contributed by atoms with E-state index < -0.39 is 15.8 Å². The maximum Gasteiger partial charge on any atom is 0.336 e. The van der Waals surface area contributed by atoms with Crippen molar-refractivity contribution in [2.24, 2.45) is 0 Å². The molecule has 0 aliphatic carbocycles. The number of hydrogen-bond acceptors (Lipinski definition) is 5. The first-order valence-corrected chi connectivity index (χ1v) is 7.85. The molecule has 1 aromatic carbocycles. The lowest BCUT2D eigenvalue weighted by Gasteiger charge is -2.08. The molecule has 0 spiro atoms. The molecule has 112 valence electrons. The molecule has 0 unspecified atom stereocenters. The summed E-state index contributed by atoms with van der Waals surface area (Å²) in [6.07, 6.45) is 0.515. The summed E-state index contributed by atoms with van der Waals surface area (Å²) in [6, 6.07) is 4.11. The number of carboxylic acids is 1. The van der Waals surface area contributed by atoms with Crippen molar-refractivity contribution < 1.29 is 28.2 Å². The van der Waals surface area contributed by atoms with Gasteiger partial charge in [0.05, 0.1) is 36.0 Å². The zero-order valence-electron chi connectivity index (χ0n) is 11.2. The van der Waals surface area contributed by atoms with Gasteiger partial charge in [-0.15, -0.1) is 0 Å². The van der Waals surface area contributed by atoms with Crippen LogP contribution in [-0.4, -0.2) is 50.2 Å². The van der Waals surface area contributed by atoms with Crippen molar-refractivity contribution in [2.45, 2.75) is 18.2 Å². The third-order valence-electron chi connectivity index (χ3n) is 2.78. The van der Waals surface area contributed by atoms with Crippen LogP contribution in [0.5, 0.6) is 0 Å². The van der Waals surface area contributed by atoms with E-state index in [0.29, 0.717) is 12.0 Å². The minimum absolute atomic E-state index is 0.00449. The number of carboxylic acid groups (broad SMARTS) is 1. The molecule has 0 heterocycles. The number of rotatable bonds is 8. The van der Waals surface area contributed by atoms with Crippen LogP contribution >= 0.6 is 0 Å². The number of aliphatic hydroxyl groups excluding tert-OH is 1. The molecule has 0 saturated heterocycles. The Morgan fingerprint density at radius 2 is 2.00 bits per heavy atom. The van der Waals surface area contributed by atoms with Crippen molar-refractivity contribution >= 4 is 15.8 Å². The fourth-order valence-corrected chi connectivity index (χ4v) is 2.86. The van der Waals surface area contributed by atoms with Gasteiger partial charge in [-0.2, -0.15) is 0 Å². The summed E-state index contributed by atoms with van der Waals surface area (Å²) < 4.78 is 29.0. The fraction of sp³-hybridized carbons (Fsp3) is 0.462. The molecule has 1 rings (SSSR count). The number of carbonyl (C=O) groups is 1. The minimum Gasteiger partial charge on any atom is -0.478 e. The standard InChI is InChI=1S/C13H18O6S/c1-2-10-3-4-11(9-12(10)13(15)16)20(17,18)8-7-19-6-5-14/h3-4,9,14H,2,5-8H2,1H3,(H,15,16). The molecule has 0 atom stereocenters. The van der Waals surface area contributed by atoms with Gasteiger partial charge in [0.25, 0.3) is 0 Å². The lowest BCUT2D eigenvalue weighted by Crippen LogP contribution is -2.15. The molecule has 0 radical (unpaired) electrons. The SMILES string of the molecule is CCc1ccc(S(=O)(=O)CCOCCO)cc1C(=O)O. The predicted molar refractivity (Wildman–Crippen MR) is 72.7 cm³/mol. The van der Waals surface area contributed by atoms with Gasteiger partial charge in [0.2, 0.25) is 0 Å². The summed E-state index contributed by atoms with van der Waals surface area (Å²) in [7, 11) is -3.59. The van der Waals surface area contributed by atoms with Crippen molar-refractivity contribution in [3.63, 3.8) is 0 Å². The first kappa shape index (κ1) is 16.6. The zero-order valence-corrected chi connectivity index (χ0v) is 12.0. The van der Waals surface area contributed by atoms with E-state index in [1.807, 2.05) is 0 Å². The highest BCUT2D eigenvalue weighted by atomic mass is 32.2. The molecule has 1 aromatic rings. The van der Waals surface area contributed by atoms with Crippen LogP contribution in [-0.2, 0) is 21.0 Å². The Labute approximate surface area is 117 Å². The number of sulfone groups is 1. The van der Waals surface area contributed by atoms with Gasteiger partial charge < -0.3 is 14.9 Å². The van der Waals surface area contributed by atoms with E-state index in [0.717, 1.165) is 0 Å². The fourth-order valence-electron chi connectivity index (χ4n) is 1.71. The summed E-state index contributed by atoms with van der Waals surface area (Å²) in [6.45, 7) is 1.67. The zero-order chi connectivity index (χ0) is 15.2. The summed E-state index contributed by atoms with van der Waals surface area (Å²) in [5.74, 6) is -1.40. The highest BCUT2D eigenvalue weighted by Crippen LogP contribution is 2.18. The van der Waals surface area contributed by atoms with E-state index in [-0.39, 0.29) is 36.0 Å². The smallest absolute Gasteiger partial charge is 0.336 e. The molecule has 0 amide bonds. The molecule has 0 bridgehead atoms. The maximum atomic E-state index is 12.0. The average Bonchev–Trinajstić information content (AvgIpc) is 2.42. The molecular weight excluding hydrogens is 284 g/mol. The van der Waals surface area contributed by atoms with Crippen LogP contribution in [0.4, 0.5) is 0 Å². The molecule has 7 heteroatoms. The summed E-state index contributed by atoms with van der Waals surface area (Å²) >= 11 is 0. The molecule has 0 aliphatic heterocycles. The lowest BCUT2D eigenvalue weighted by atomic mass is 10.1. The predicted octanol–water partition coefficient (Wildman–Crippen LogP) is 0.730. The monoisotopic (exact) mass is 302 g/mol. The number of aryl methyl sites for hydroxylation is 1. The molecule has 0 saturated carbocycles. The van der Waals surface area contributed by atoms with Crippen LogP contribution in [0.25, 0.3) is 0 Å². The van der Waals surface area contributed by atoms with Gasteiger partial charge >= 0.3 is 5.97 Å². The third kappa shape index (κ3) is 4.29. The van der Waals surface area contributed by atoms with E-state index in [1.165, 1.54) is 18.2 Å². The lowest BCUT2D eigenvalue weighted by molar-refractivity contribution is 0.0695. The Bertz CT molecular complexity index is 564. The second-order valence-corrected chi connectivity index (χ2v) is 6.24. The molecule has 0 aliphatic rings. The number of benzene rings is 1. The van der Waals surface area contributed by atoms with Crippen LogP contribution in [0, 0.1) is 0 Å². The summed E-state index contributed by atoms with van der Waals surface area (Å²) in [5.41, 5.74) is 0.595. The number of hydrogen-bond donors (Lipinski definition) is 2. The van der Waals surface area contributed by atoms with Crippen molar-refractivity contribution in [1.82, 2.24) is 0 Å². The first-order chi connectivity index (χ1) is 9.42. The highest BCUT2D eigenvalue weighted by molar-refractivity contribution is 7.91. The molecule has 20 heavy (non-hydrogen) atoms. The van der Waals surface area contributed by atoms with Gasteiger partial charge in [0.1, 0.15) is 0 Å². The van der Waals surface area contributed by atoms with Crippen LogP contribution in [0.1, 0.15) is 22.8 Å². The van der Waals surface area contributed by atoms with E-state index in [2.05, 4.69) is 0 Å². The van der Waals surface area contributed by atoms with Crippen molar-refractivity contribution in [3.8, 4) is 0 Å². The van der Waals surface area contributed by atoms with E-state index >= 15 is 0 Å². The second kappa shape index (κ2) is 7.37. The Kier molecular flexibility index (Phi) is 6.12. The van der Waals surface area contributed by atoms with Gasteiger partial charge in [0, 0.05) is 0 Å². The summed E-state index contributed by atoms with van der Waals surface area (Å²) in [5, 5.41) is 17.6.